The van der Waals surface area contributed by atoms with Crippen molar-refractivity contribution in [2.24, 2.45) is 0 Å². The van der Waals surface area contributed by atoms with E-state index < -0.39 is 0 Å². The van der Waals surface area contributed by atoms with Crippen LogP contribution >= 0.6 is 0 Å². The summed E-state index contributed by atoms with van der Waals surface area (Å²) in [4.78, 5) is 12.7. The van der Waals surface area contributed by atoms with E-state index in [0.717, 1.165) is 16.8 Å². The predicted molar refractivity (Wildman–Crippen MR) is 140 cm³/mol. The minimum absolute atomic E-state index is 0.468. The molecule has 7 aromatic rings. The van der Waals surface area contributed by atoms with Gasteiger partial charge in [0.25, 0.3) is 0 Å². The van der Waals surface area contributed by atoms with Gasteiger partial charge in [0.15, 0.2) is 11.6 Å². The summed E-state index contributed by atoms with van der Waals surface area (Å²) in [5.41, 5.74) is 5.26. The van der Waals surface area contributed by atoms with Gasteiger partial charge in [0, 0.05) is 27.6 Å². The van der Waals surface area contributed by atoms with Crippen LogP contribution in [0.1, 0.15) is 0 Å². The number of para-hydroxylation sites is 2. The van der Waals surface area contributed by atoms with Gasteiger partial charge in [0.1, 0.15) is 12.7 Å². The molecule has 0 atom stereocenters. The third-order valence-electron chi connectivity index (χ3n) is 6.34. The molecule has 0 unspecified atom stereocenters. The van der Waals surface area contributed by atoms with Crippen LogP contribution in [0.25, 0.3) is 56.2 Å². The number of hydrogen-bond acceptors (Lipinski definition) is 5. The van der Waals surface area contributed by atoms with Gasteiger partial charge in [-0.25, -0.2) is 19.5 Å². The Kier molecular flexibility index (Phi) is 4.63. The third-order valence-corrected chi connectivity index (χ3v) is 6.34. The number of hydrogen-bond donors (Lipinski definition) is 0. The SMILES string of the molecule is c1ccc(-c2nnc(-c3ccc(-n4c5ccccc5c5ccccc54)cc3)n2-c2ncncn2)cc1. The van der Waals surface area contributed by atoms with E-state index in [-0.39, 0.29) is 0 Å². The van der Waals surface area contributed by atoms with Crippen molar-refractivity contribution >= 4 is 21.8 Å². The van der Waals surface area contributed by atoms with Crippen LogP contribution in [0, 0.1) is 0 Å². The molecule has 36 heavy (non-hydrogen) atoms. The van der Waals surface area contributed by atoms with Crippen LogP contribution in [-0.2, 0) is 0 Å². The van der Waals surface area contributed by atoms with Crippen LogP contribution in [0.3, 0.4) is 0 Å². The van der Waals surface area contributed by atoms with Gasteiger partial charge in [0.05, 0.1) is 11.0 Å². The molecule has 0 aliphatic rings. The largest absolute Gasteiger partial charge is 0.309 e. The molecule has 0 spiro atoms. The van der Waals surface area contributed by atoms with Crippen molar-refractivity contribution in [2.45, 2.75) is 0 Å². The van der Waals surface area contributed by atoms with Gasteiger partial charge < -0.3 is 4.57 Å². The zero-order valence-electron chi connectivity index (χ0n) is 19.1. The average molecular weight is 466 g/mol. The Hall–Kier alpha value is -5.17. The molecule has 0 bridgehead atoms. The van der Waals surface area contributed by atoms with Crippen molar-refractivity contribution in [3.8, 4) is 34.4 Å². The Balaban J connectivity index is 1.39. The van der Waals surface area contributed by atoms with E-state index in [4.69, 9.17) is 0 Å². The first-order chi connectivity index (χ1) is 17.9. The second-order valence-corrected chi connectivity index (χ2v) is 8.40. The van der Waals surface area contributed by atoms with Crippen molar-refractivity contribution in [3.63, 3.8) is 0 Å². The highest BCUT2D eigenvalue weighted by Gasteiger charge is 2.19. The zero-order chi connectivity index (χ0) is 23.9. The zero-order valence-corrected chi connectivity index (χ0v) is 19.1. The predicted octanol–water partition coefficient (Wildman–Crippen LogP) is 5.88. The van der Waals surface area contributed by atoms with E-state index in [0.29, 0.717) is 17.6 Å². The van der Waals surface area contributed by atoms with Gasteiger partial charge in [-0.15, -0.1) is 10.2 Å². The first-order valence-electron chi connectivity index (χ1n) is 11.6. The van der Waals surface area contributed by atoms with Gasteiger partial charge in [-0.2, -0.15) is 0 Å². The van der Waals surface area contributed by atoms with E-state index in [9.17, 15) is 0 Å². The highest BCUT2D eigenvalue weighted by Crippen LogP contribution is 2.33. The van der Waals surface area contributed by atoms with Crippen molar-refractivity contribution in [2.75, 3.05) is 0 Å². The molecular weight excluding hydrogens is 446 g/mol. The highest BCUT2D eigenvalue weighted by atomic mass is 15.3. The van der Waals surface area contributed by atoms with Gasteiger partial charge in [-0.05, 0) is 36.4 Å². The molecule has 0 amide bonds. The van der Waals surface area contributed by atoms with Gasteiger partial charge in [-0.1, -0.05) is 66.7 Å². The Morgan fingerprint density at radius 1 is 0.472 bits per heavy atom. The lowest BCUT2D eigenvalue weighted by molar-refractivity contribution is 0.902. The van der Waals surface area contributed by atoms with Crippen LogP contribution < -0.4 is 0 Å². The molecule has 7 heteroatoms. The fourth-order valence-electron chi connectivity index (χ4n) is 4.74. The van der Waals surface area contributed by atoms with E-state index in [1.807, 2.05) is 34.9 Å². The Morgan fingerprint density at radius 2 is 1.00 bits per heavy atom. The summed E-state index contributed by atoms with van der Waals surface area (Å²) in [5.74, 6) is 1.80. The summed E-state index contributed by atoms with van der Waals surface area (Å²) < 4.78 is 4.16. The Morgan fingerprint density at radius 3 is 1.61 bits per heavy atom. The van der Waals surface area contributed by atoms with Crippen LogP contribution in [0.4, 0.5) is 0 Å². The van der Waals surface area contributed by atoms with Crippen molar-refractivity contribution < 1.29 is 0 Å². The van der Waals surface area contributed by atoms with E-state index in [1.165, 1.54) is 34.5 Å². The second-order valence-electron chi connectivity index (χ2n) is 8.40. The minimum atomic E-state index is 0.468. The monoisotopic (exact) mass is 465 g/mol. The lowest BCUT2D eigenvalue weighted by Gasteiger charge is -2.10. The molecule has 0 saturated carbocycles. The van der Waals surface area contributed by atoms with Crippen LogP contribution in [0.5, 0.6) is 0 Å². The lowest BCUT2D eigenvalue weighted by atomic mass is 10.1. The van der Waals surface area contributed by atoms with Crippen LogP contribution in [0.15, 0.2) is 116 Å². The molecule has 0 aliphatic carbocycles. The maximum atomic E-state index is 4.54. The maximum absolute atomic E-state index is 4.54. The topological polar surface area (TPSA) is 74.3 Å². The molecular formula is C29H19N7. The van der Waals surface area contributed by atoms with Crippen molar-refractivity contribution in [3.05, 3.63) is 116 Å². The molecule has 0 N–H and O–H groups in total. The molecule has 0 radical (unpaired) electrons. The van der Waals surface area contributed by atoms with Crippen LogP contribution in [-0.4, -0.2) is 34.3 Å². The Bertz CT molecular complexity index is 1770. The molecule has 7 rings (SSSR count). The molecule has 4 aromatic carbocycles. The molecule has 0 fully saturated rings. The normalized spacial score (nSPS) is 11.3. The van der Waals surface area contributed by atoms with E-state index in [1.54, 1.807) is 0 Å². The average Bonchev–Trinajstić information content (AvgIpc) is 3.54. The second kappa shape index (κ2) is 8.25. The standard InChI is InChI=1S/C29H19N7/c1-2-8-20(9-3-1)27-33-34-28(36(27)29-31-18-30-19-32-29)21-14-16-22(17-15-21)35-25-12-6-4-10-23(25)24-11-5-7-13-26(24)35/h1-19H. The molecule has 0 saturated heterocycles. The number of benzene rings is 4. The minimum Gasteiger partial charge on any atom is -0.309 e. The fourth-order valence-corrected chi connectivity index (χ4v) is 4.74. The summed E-state index contributed by atoms with van der Waals surface area (Å²) in [6, 6.07) is 35.3. The van der Waals surface area contributed by atoms with Crippen molar-refractivity contribution in [1.82, 2.24) is 34.3 Å². The highest BCUT2D eigenvalue weighted by molar-refractivity contribution is 6.09. The molecule has 170 valence electrons. The third kappa shape index (κ3) is 3.18. The number of nitrogens with zero attached hydrogens (tertiary/aromatic N) is 7. The molecule has 7 nitrogen and oxygen atoms in total. The van der Waals surface area contributed by atoms with Crippen LogP contribution in [0.2, 0.25) is 0 Å². The fraction of sp³-hybridized carbons (Fsp3) is 0. The Labute approximate surface area is 206 Å². The summed E-state index contributed by atoms with van der Waals surface area (Å²) in [5, 5.41) is 11.5. The number of aromatic nitrogens is 7. The smallest absolute Gasteiger partial charge is 0.240 e. The quantitative estimate of drug-likeness (QED) is 0.324. The number of rotatable bonds is 4. The van der Waals surface area contributed by atoms with Crippen molar-refractivity contribution in [1.29, 1.82) is 0 Å². The summed E-state index contributed by atoms with van der Waals surface area (Å²) in [6.45, 7) is 0. The summed E-state index contributed by atoms with van der Waals surface area (Å²) >= 11 is 0. The molecule has 0 aliphatic heterocycles. The number of fused-ring (bicyclic) bond motifs is 3. The van der Waals surface area contributed by atoms with E-state index >= 15 is 0 Å². The summed E-state index contributed by atoms with van der Waals surface area (Å²) in [6.07, 6.45) is 2.96. The first kappa shape index (κ1) is 20.2. The molecule has 3 aromatic heterocycles. The molecule has 3 heterocycles. The van der Waals surface area contributed by atoms with E-state index in [2.05, 4.69) is 103 Å². The van der Waals surface area contributed by atoms with Gasteiger partial charge in [0.2, 0.25) is 5.95 Å². The lowest BCUT2D eigenvalue weighted by Crippen LogP contribution is -2.05. The first-order valence-corrected chi connectivity index (χ1v) is 11.6. The maximum Gasteiger partial charge on any atom is 0.240 e. The van der Waals surface area contributed by atoms with Gasteiger partial charge >= 0.3 is 0 Å². The summed E-state index contributed by atoms with van der Waals surface area (Å²) in [7, 11) is 0. The van der Waals surface area contributed by atoms with Gasteiger partial charge in [-0.3, -0.25) is 0 Å².